The number of aromatic nitrogens is 1. The van der Waals surface area contributed by atoms with Crippen molar-refractivity contribution < 1.29 is 9.18 Å². The number of thiazole rings is 1. The maximum absolute atomic E-state index is 12.7. The Labute approximate surface area is 121 Å². The molecule has 0 saturated carbocycles. The zero-order valence-corrected chi connectivity index (χ0v) is 12.2. The van der Waals surface area contributed by atoms with E-state index in [0.29, 0.717) is 19.4 Å². The van der Waals surface area contributed by atoms with E-state index in [9.17, 15) is 9.18 Å². The van der Waals surface area contributed by atoms with Crippen LogP contribution in [0, 0.1) is 12.7 Å². The minimum atomic E-state index is -0.252. The lowest BCUT2D eigenvalue weighted by Gasteiger charge is -2.05. The highest BCUT2D eigenvalue weighted by molar-refractivity contribution is 7.09. The maximum atomic E-state index is 12.7. The molecule has 0 spiro atoms. The molecule has 0 aliphatic heterocycles. The second-order valence-corrected chi connectivity index (χ2v) is 5.53. The number of nitrogens with one attached hydrogen (secondary N) is 1. The highest BCUT2D eigenvalue weighted by Crippen LogP contribution is 2.12. The van der Waals surface area contributed by atoms with Crippen LogP contribution in [0.25, 0.3) is 0 Å². The number of nitrogens with zero attached hydrogens (tertiary/aromatic N) is 1. The predicted molar refractivity (Wildman–Crippen MR) is 78.3 cm³/mol. The van der Waals surface area contributed by atoms with E-state index in [-0.39, 0.29) is 11.7 Å². The normalized spacial score (nSPS) is 10.5. The summed E-state index contributed by atoms with van der Waals surface area (Å²) in [7, 11) is 0. The van der Waals surface area contributed by atoms with Gasteiger partial charge in [0.1, 0.15) is 5.82 Å². The van der Waals surface area contributed by atoms with E-state index >= 15 is 0 Å². The molecule has 0 atom stereocenters. The number of benzene rings is 1. The number of rotatable bonds is 6. The molecule has 2 rings (SSSR count). The summed E-state index contributed by atoms with van der Waals surface area (Å²) < 4.78 is 12.7. The Balaban J connectivity index is 1.68. The van der Waals surface area contributed by atoms with Gasteiger partial charge in [0.2, 0.25) is 5.91 Å². The van der Waals surface area contributed by atoms with Crippen molar-refractivity contribution in [3.8, 4) is 0 Å². The van der Waals surface area contributed by atoms with Crippen molar-refractivity contribution in [1.29, 1.82) is 0 Å². The Kier molecular flexibility index (Phi) is 5.24. The van der Waals surface area contributed by atoms with E-state index in [1.54, 1.807) is 23.5 Å². The highest BCUT2D eigenvalue weighted by atomic mass is 32.1. The maximum Gasteiger partial charge on any atom is 0.220 e. The van der Waals surface area contributed by atoms with Crippen molar-refractivity contribution in [3.63, 3.8) is 0 Å². The van der Waals surface area contributed by atoms with E-state index in [1.807, 2.05) is 12.4 Å². The second-order valence-electron chi connectivity index (χ2n) is 4.59. The summed E-state index contributed by atoms with van der Waals surface area (Å²) in [4.78, 5) is 17.1. The fourth-order valence-corrected chi connectivity index (χ4v) is 2.66. The zero-order chi connectivity index (χ0) is 14.4. The first-order valence-electron chi connectivity index (χ1n) is 6.55. The summed E-state index contributed by atoms with van der Waals surface area (Å²) in [5.41, 5.74) is 3.83. The van der Waals surface area contributed by atoms with Gasteiger partial charge in [-0.25, -0.2) is 9.37 Å². The number of hydrogen-bond donors (Lipinski definition) is 1. The molecule has 106 valence electrons. The van der Waals surface area contributed by atoms with Crippen molar-refractivity contribution in [3.05, 3.63) is 51.7 Å². The Hall–Kier alpha value is -1.75. The molecule has 0 radical (unpaired) electrons. The number of carbonyl (C=O) groups excluding carboxylic acids is 1. The van der Waals surface area contributed by atoms with Crippen LogP contribution in [-0.2, 0) is 17.6 Å². The van der Waals surface area contributed by atoms with Gasteiger partial charge in [-0.1, -0.05) is 12.1 Å². The van der Waals surface area contributed by atoms with Crippen molar-refractivity contribution >= 4 is 17.2 Å². The molecule has 1 amide bonds. The fraction of sp³-hybridized carbons (Fsp3) is 0.333. The number of amides is 1. The molecule has 0 saturated heterocycles. The van der Waals surface area contributed by atoms with Crippen LogP contribution in [0.2, 0.25) is 0 Å². The molecule has 0 unspecified atom stereocenters. The van der Waals surface area contributed by atoms with E-state index in [1.165, 1.54) is 17.0 Å². The number of carbonyl (C=O) groups is 1. The predicted octanol–water partition coefficient (Wildman–Crippen LogP) is 2.88. The van der Waals surface area contributed by atoms with Crippen molar-refractivity contribution in [2.45, 2.75) is 26.2 Å². The molecule has 0 aliphatic rings. The largest absolute Gasteiger partial charge is 0.356 e. The number of aryl methyl sites for hydroxylation is 2. The third kappa shape index (κ3) is 4.42. The summed E-state index contributed by atoms with van der Waals surface area (Å²) in [6, 6.07) is 6.26. The highest BCUT2D eigenvalue weighted by Gasteiger charge is 2.04. The van der Waals surface area contributed by atoms with Crippen LogP contribution in [0.5, 0.6) is 0 Å². The first-order chi connectivity index (χ1) is 9.65. The first-order valence-corrected chi connectivity index (χ1v) is 7.43. The molecular formula is C15H17FN2OS. The van der Waals surface area contributed by atoms with E-state index in [4.69, 9.17) is 0 Å². The average Bonchev–Trinajstić information content (AvgIpc) is 2.84. The average molecular weight is 292 g/mol. The lowest BCUT2D eigenvalue weighted by atomic mass is 10.1. The van der Waals surface area contributed by atoms with Crippen LogP contribution >= 0.6 is 11.3 Å². The van der Waals surface area contributed by atoms with Gasteiger partial charge < -0.3 is 5.32 Å². The minimum Gasteiger partial charge on any atom is -0.356 e. The summed E-state index contributed by atoms with van der Waals surface area (Å²) in [5.74, 6) is -0.227. The van der Waals surface area contributed by atoms with Gasteiger partial charge in [0, 0.05) is 24.3 Å². The van der Waals surface area contributed by atoms with Gasteiger partial charge in [-0.05, 0) is 31.0 Å². The van der Waals surface area contributed by atoms with Gasteiger partial charge in [-0.15, -0.1) is 11.3 Å². The van der Waals surface area contributed by atoms with Gasteiger partial charge in [-0.3, -0.25) is 4.79 Å². The van der Waals surface area contributed by atoms with Crippen LogP contribution in [0.3, 0.4) is 0 Å². The van der Waals surface area contributed by atoms with Crippen LogP contribution in [0.1, 0.15) is 22.6 Å². The van der Waals surface area contributed by atoms with Gasteiger partial charge >= 0.3 is 0 Å². The van der Waals surface area contributed by atoms with Crippen LogP contribution < -0.4 is 5.32 Å². The molecule has 1 aromatic heterocycles. The third-order valence-corrected chi connectivity index (χ3v) is 4.07. The van der Waals surface area contributed by atoms with Gasteiger partial charge in [0.15, 0.2) is 0 Å². The minimum absolute atomic E-state index is 0.0245. The Morgan fingerprint density at radius 2 is 2.05 bits per heavy atom. The van der Waals surface area contributed by atoms with Gasteiger partial charge in [-0.2, -0.15) is 0 Å². The SMILES string of the molecule is Cc1ncsc1CCNC(=O)CCc1ccc(F)cc1. The van der Waals surface area contributed by atoms with Gasteiger partial charge in [0.25, 0.3) is 0 Å². The Morgan fingerprint density at radius 1 is 1.30 bits per heavy atom. The molecule has 1 heterocycles. The monoisotopic (exact) mass is 292 g/mol. The van der Waals surface area contributed by atoms with Crippen molar-refractivity contribution in [2.75, 3.05) is 6.54 Å². The quantitative estimate of drug-likeness (QED) is 0.889. The molecule has 0 bridgehead atoms. The van der Waals surface area contributed by atoms with Crippen molar-refractivity contribution in [1.82, 2.24) is 10.3 Å². The van der Waals surface area contributed by atoms with Crippen molar-refractivity contribution in [2.24, 2.45) is 0 Å². The molecule has 5 heteroatoms. The Bertz CT molecular complexity index is 566. The summed E-state index contributed by atoms with van der Waals surface area (Å²) in [5, 5.41) is 2.90. The van der Waals surface area contributed by atoms with Gasteiger partial charge in [0.05, 0.1) is 11.2 Å². The summed E-state index contributed by atoms with van der Waals surface area (Å²) in [6.07, 6.45) is 1.87. The lowest BCUT2D eigenvalue weighted by molar-refractivity contribution is -0.121. The first kappa shape index (κ1) is 14.7. The smallest absolute Gasteiger partial charge is 0.220 e. The van der Waals surface area contributed by atoms with Crippen LogP contribution in [0.4, 0.5) is 4.39 Å². The van der Waals surface area contributed by atoms with Crippen LogP contribution in [0.15, 0.2) is 29.8 Å². The molecule has 0 fully saturated rings. The fourth-order valence-electron chi connectivity index (χ4n) is 1.88. The summed E-state index contributed by atoms with van der Waals surface area (Å²) >= 11 is 1.61. The Morgan fingerprint density at radius 3 is 2.70 bits per heavy atom. The number of hydrogen-bond acceptors (Lipinski definition) is 3. The van der Waals surface area contributed by atoms with E-state index in [2.05, 4.69) is 10.3 Å². The molecule has 3 nitrogen and oxygen atoms in total. The third-order valence-electron chi connectivity index (χ3n) is 3.07. The van der Waals surface area contributed by atoms with E-state index < -0.39 is 0 Å². The van der Waals surface area contributed by atoms with Crippen LogP contribution in [-0.4, -0.2) is 17.4 Å². The zero-order valence-electron chi connectivity index (χ0n) is 11.4. The molecule has 1 N–H and O–H groups in total. The molecule has 1 aromatic carbocycles. The molecular weight excluding hydrogens is 275 g/mol. The second kappa shape index (κ2) is 7.14. The topological polar surface area (TPSA) is 42.0 Å². The molecule has 20 heavy (non-hydrogen) atoms. The standard InChI is InChI=1S/C15H17FN2OS/c1-11-14(20-10-18-11)8-9-17-15(19)7-4-12-2-5-13(16)6-3-12/h2-3,5-6,10H,4,7-9H2,1H3,(H,17,19). The van der Waals surface area contributed by atoms with E-state index in [0.717, 1.165) is 17.7 Å². The molecule has 2 aromatic rings. The lowest BCUT2D eigenvalue weighted by Crippen LogP contribution is -2.25. The summed E-state index contributed by atoms with van der Waals surface area (Å²) in [6.45, 7) is 2.60. The molecule has 0 aliphatic carbocycles. The number of halogens is 1.